The second-order valence-electron chi connectivity index (χ2n) is 5.90. The van der Waals surface area contributed by atoms with E-state index in [4.69, 9.17) is 0 Å². The Hall–Kier alpha value is -3.14. The summed E-state index contributed by atoms with van der Waals surface area (Å²) in [4.78, 5) is 24.1. The third kappa shape index (κ3) is 2.63. The summed E-state index contributed by atoms with van der Waals surface area (Å²) in [5, 5.41) is 7.78. The summed E-state index contributed by atoms with van der Waals surface area (Å²) < 4.78 is 0. The molecule has 2 amide bonds. The summed E-state index contributed by atoms with van der Waals surface area (Å²) in [6.45, 7) is 0. The molecule has 3 aromatic rings. The van der Waals surface area contributed by atoms with E-state index in [1.54, 1.807) is 0 Å². The molecule has 1 aliphatic rings. The molecule has 0 saturated heterocycles. The number of benzene rings is 3. The number of aryl methyl sites for hydroxylation is 1. The van der Waals surface area contributed by atoms with E-state index < -0.39 is 0 Å². The van der Waals surface area contributed by atoms with E-state index in [1.165, 1.54) is 0 Å². The highest BCUT2D eigenvalue weighted by Gasteiger charge is 2.16. The van der Waals surface area contributed by atoms with Crippen LogP contribution in [0.3, 0.4) is 0 Å². The van der Waals surface area contributed by atoms with Crippen molar-refractivity contribution in [2.75, 3.05) is 10.6 Å². The van der Waals surface area contributed by atoms with Crippen molar-refractivity contribution in [2.24, 2.45) is 0 Å². The molecule has 0 bridgehead atoms. The average Bonchev–Trinajstić information content (AvgIpc) is 2.61. The van der Waals surface area contributed by atoms with E-state index in [9.17, 15) is 9.59 Å². The Morgan fingerprint density at radius 2 is 1.79 bits per heavy atom. The molecule has 0 aliphatic carbocycles. The molecule has 0 atom stereocenters. The minimum absolute atomic E-state index is 0.0371. The smallest absolute Gasteiger partial charge is 0.256 e. The van der Waals surface area contributed by atoms with Gasteiger partial charge in [-0.1, -0.05) is 36.4 Å². The van der Waals surface area contributed by atoms with E-state index in [0.29, 0.717) is 18.4 Å². The Bertz CT molecular complexity index is 958. The minimum atomic E-state index is -0.133. The molecule has 0 spiro atoms. The van der Waals surface area contributed by atoms with Gasteiger partial charge >= 0.3 is 0 Å². The van der Waals surface area contributed by atoms with Crippen LogP contribution in [0.1, 0.15) is 22.3 Å². The van der Waals surface area contributed by atoms with Crippen LogP contribution in [-0.2, 0) is 11.2 Å². The fourth-order valence-corrected chi connectivity index (χ4v) is 3.08. The van der Waals surface area contributed by atoms with Crippen LogP contribution in [0.2, 0.25) is 0 Å². The van der Waals surface area contributed by atoms with Gasteiger partial charge < -0.3 is 10.6 Å². The van der Waals surface area contributed by atoms with E-state index in [1.807, 2.05) is 60.7 Å². The first-order valence-corrected chi connectivity index (χ1v) is 7.92. The molecule has 4 nitrogen and oxygen atoms in total. The van der Waals surface area contributed by atoms with E-state index in [0.717, 1.165) is 27.7 Å². The van der Waals surface area contributed by atoms with Crippen LogP contribution in [0.15, 0.2) is 60.7 Å². The molecule has 4 heteroatoms. The maximum atomic E-state index is 12.7. The van der Waals surface area contributed by atoms with Gasteiger partial charge in [-0.25, -0.2) is 0 Å². The fraction of sp³-hybridized carbons (Fsp3) is 0.100. The Kier molecular flexibility index (Phi) is 3.50. The first-order valence-electron chi connectivity index (χ1n) is 7.92. The highest BCUT2D eigenvalue weighted by molar-refractivity contribution is 6.13. The zero-order chi connectivity index (χ0) is 16.5. The zero-order valence-electron chi connectivity index (χ0n) is 13.0. The van der Waals surface area contributed by atoms with Gasteiger partial charge in [-0.15, -0.1) is 0 Å². The lowest BCUT2D eigenvalue weighted by Crippen LogP contribution is -2.19. The molecule has 0 saturated carbocycles. The number of carbonyl (C=O) groups excluding carboxylic acids is 2. The van der Waals surface area contributed by atoms with Gasteiger partial charge in [0.1, 0.15) is 0 Å². The molecular formula is C20H16N2O2. The van der Waals surface area contributed by atoms with Crippen molar-refractivity contribution in [2.45, 2.75) is 12.8 Å². The molecule has 3 aromatic carbocycles. The van der Waals surface area contributed by atoms with Gasteiger partial charge in [-0.05, 0) is 47.0 Å². The Morgan fingerprint density at radius 1 is 0.958 bits per heavy atom. The summed E-state index contributed by atoms with van der Waals surface area (Å²) in [5.41, 5.74) is 3.27. The van der Waals surface area contributed by atoms with Crippen LogP contribution >= 0.6 is 0 Å². The summed E-state index contributed by atoms with van der Waals surface area (Å²) >= 11 is 0. The lowest BCUT2D eigenvalue weighted by molar-refractivity contribution is -0.116. The van der Waals surface area contributed by atoms with Crippen LogP contribution in [0.25, 0.3) is 10.8 Å². The van der Waals surface area contributed by atoms with Gasteiger partial charge in [0.05, 0.1) is 0 Å². The molecule has 24 heavy (non-hydrogen) atoms. The topological polar surface area (TPSA) is 58.2 Å². The fourth-order valence-electron chi connectivity index (χ4n) is 3.08. The van der Waals surface area contributed by atoms with E-state index in [2.05, 4.69) is 10.6 Å². The zero-order valence-corrected chi connectivity index (χ0v) is 13.0. The summed E-state index contributed by atoms with van der Waals surface area (Å²) in [5.74, 6) is -0.0957. The Balaban J connectivity index is 1.63. The first-order chi connectivity index (χ1) is 11.7. The summed E-state index contributed by atoms with van der Waals surface area (Å²) in [6, 6.07) is 19.1. The average molecular weight is 316 g/mol. The number of fused-ring (bicyclic) bond motifs is 2. The van der Waals surface area contributed by atoms with Crippen molar-refractivity contribution in [3.63, 3.8) is 0 Å². The van der Waals surface area contributed by atoms with Crippen LogP contribution in [-0.4, -0.2) is 11.8 Å². The molecule has 0 radical (unpaired) electrons. The van der Waals surface area contributed by atoms with Crippen molar-refractivity contribution in [1.82, 2.24) is 0 Å². The number of rotatable bonds is 2. The van der Waals surface area contributed by atoms with Crippen LogP contribution in [0.4, 0.5) is 11.4 Å². The van der Waals surface area contributed by atoms with Crippen molar-refractivity contribution in [3.05, 3.63) is 71.8 Å². The van der Waals surface area contributed by atoms with Gasteiger partial charge in [0.2, 0.25) is 5.91 Å². The Morgan fingerprint density at radius 3 is 2.71 bits per heavy atom. The number of amides is 2. The minimum Gasteiger partial charge on any atom is -0.326 e. The lowest BCUT2D eigenvalue weighted by atomic mass is 10.0. The Labute approximate surface area is 139 Å². The van der Waals surface area contributed by atoms with Gasteiger partial charge in [0.25, 0.3) is 5.91 Å². The number of nitrogens with one attached hydrogen (secondary N) is 2. The summed E-state index contributed by atoms with van der Waals surface area (Å²) in [7, 11) is 0. The van der Waals surface area contributed by atoms with Crippen LogP contribution in [0, 0.1) is 0 Å². The molecule has 1 heterocycles. The highest BCUT2D eigenvalue weighted by atomic mass is 16.2. The molecule has 0 unspecified atom stereocenters. The largest absolute Gasteiger partial charge is 0.326 e. The molecule has 118 valence electrons. The predicted octanol–water partition coefficient (Wildman–Crippen LogP) is 3.98. The highest BCUT2D eigenvalue weighted by Crippen LogP contribution is 2.26. The summed E-state index contributed by atoms with van der Waals surface area (Å²) in [6.07, 6.45) is 1.17. The maximum absolute atomic E-state index is 12.7. The molecule has 2 N–H and O–H groups in total. The monoisotopic (exact) mass is 316 g/mol. The van der Waals surface area contributed by atoms with Gasteiger partial charge in [-0.3, -0.25) is 9.59 Å². The molecule has 0 aromatic heterocycles. The van der Waals surface area contributed by atoms with Gasteiger partial charge in [0.15, 0.2) is 0 Å². The van der Waals surface area contributed by atoms with Crippen molar-refractivity contribution < 1.29 is 9.59 Å². The van der Waals surface area contributed by atoms with Gasteiger partial charge in [-0.2, -0.15) is 0 Å². The quantitative estimate of drug-likeness (QED) is 0.751. The SMILES string of the molecule is O=C1CCc2cc(NC(=O)c3cccc4ccccc34)ccc2N1. The second kappa shape index (κ2) is 5.81. The van der Waals surface area contributed by atoms with E-state index in [-0.39, 0.29) is 11.8 Å². The van der Waals surface area contributed by atoms with Gasteiger partial charge in [0, 0.05) is 23.4 Å². The molecule has 4 rings (SSSR count). The predicted molar refractivity (Wildman–Crippen MR) is 95.3 cm³/mol. The third-order valence-corrected chi connectivity index (χ3v) is 4.29. The standard InChI is InChI=1S/C20H16N2O2/c23-19-11-8-14-12-15(9-10-18(14)22-19)21-20(24)17-7-3-5-13-4-1-2-6-16(13)17/h1-7,9-10,12H,8,11H2,(H,21,24)(H,22,23). The first kappa shape index (κ1) is 14.5. The number of hydrogen-bond acceptors (Lipinski definition) is 2. The molecule has 1 aliphatic heterocycles. The van der Waals surface area contributed by atoms with Crippen molar-refractivity contribution >= 4 is 34.0 Å². The number of carbonyl (C=O) groups is 2. The normalized spacial score (nSPS) is 13.2. The maximum Gasteiger partial charge on any atom is 0.256 e. The van der Waals surface area contributed by atoms with E-state index >= 15 is 0 Å². The third-order valence-electron chi connectivity index (χ3n) is 4.29. The molecular weight excluding hydrogens is 300 g/mol. The van der Waals surface area contributed by atoms with Crippen LogP contribution in [0.5, 0.6) is 0 Å². The number of anilines is 2. The second-order valence-corrected chi connectivity index (χ2v) is 5.90. The lowest BCUT2D eigenvalue weighted by Gasteiger charge is -2.18. The molecule has 0 fully saturated rings. The van der Waals surface area contributed by atoms with Crippen molar-refractivity contribution in [3.8, 4) is 0 Å². The van der Waals surface area contributed by atoms with Crippen LogP contribution < -0.4 is 10.6 Å². The number of hydrogen-bond donors (Lipinski definition) is 2. The van der Waals surface area contributed by atoms with Crippen molar-refractivity contribution in [1.29, 1.82) is 0 Å².